The first-order valence-electron chi connectivity index (χ1n) is 6.75. The minimum absolute atomic E-state index is 0.298. The van der Waals surface area contributed by atoms with E-state index in [0.717, 1.165) is 38.1 Å². The molecule has 0 bridgehead atoms. The first-order valence-corrected chi connectivity index (χ1v) is 6.75. The van der Waals surface area contributed by atoms with Gasteiger partial charge in [0.2, 0.25) is 0 Å². The molecule has 0 N–H and O–H groups in total. The number of amides is 1. The molecule has 2 rings (SSSR count). The average Bonchev–Trinajstić information content (AvgIpc) is 2.48. The van der Waals surface area contributed by atoms with Crippen molar-refractivity contribution in [3.05, 3.63) is 29.8 Å². The Kier molecular flexibility index (Phi) is 4.55. The zero-order chi connectivity index (χ0) is 13.7. The van der Waals surface area contributed by atoms with E-state index in [2.05, 4.69) is 6.92 Å². The Balaban J connectivity index is 1.88. The summed E-state index contributed by atoms with van der Waals surface area (Å²) in [5.74, 6) is 1.21. The van der Waals surface area contributed by atoms with Gasteiger partial charge in [0, 0.05) is 18.7 Å². The van der Waals surface area contributed by atoms with Crippen molar-refractivity contribution in [2.24, 2.45) is 5.92 Å². The maximum absolute atomic E-state index is 12.0. The second-order valence-electron chi connectivity index (χ2n) is 4.89. The third-order valence-corrected chi connectivity index (χ3v) is 3.67. The van der Waals surface area contributed by atoms with E-state index in [1.165, 1.54) is 6.42 Å². The minimum Gasteiger partial charge on any atom is -0.410 e. The topological polar surface area (TPSA) is 46.6 Å². The van der Waals surface area contributed by atoms with Crippen molar-refractivity contribution in [3.8, 4) is 5.75 Å². The normalized spacial score (nSPS) is 16.2. The molecule has 1 heterocycles. The lowest BCUT2D eigenvalue weighted by Crippen LogP contribution is -2.40. The van der Waals surface area contributed by atoms with Crippen LogP contribution in [0.1, 0.15) is 36.5 Å². The zero-order valence-corrected chi connectivity index (χ0v) is 11.2. The van der Waals surface area contributed by atoms with Crippen LogP contribution < -0.4 is 4.74 Å². The van der Waals surface area contributed by atoms with Gasteiger partial charge in [0.25, 0.3) is 0 Å². The number of nitrogens with zero attached hydrogens (tertiary/aromatic N) is 1. The average molecular weight is 261 g/mol. The van der Waals surface area contributed by atoms with Crippen LogP contribution in [0.4, 0.5) is 4.79 Å². The van der Waals surface area contributed by atoms with E-state index < -0.39 is 0 Å². The van der Waals surface area contributed by atoms with E-state index in [9.17, 15) is 9.59 Å². The third kappa shape index (κ3) is 3.56. The summed E-state index contributed by atoms with van der Waals surface area (Å²) in [6.45, 7) is 3.72. The lowest BCUT2D eigenvalue weighted by molar-refractivity contribution is 0.112. The van der Waals surface area contributed by atoms with Crippen LogP contribution in [-0.4, -0.2) is 30.4 Å². The summed E-state index contributed by atoms with van der Waals surface area (Å²) in [5.41, 5.74) is 0.573. The number of likely N-dealkylation sites (tertiary alicyclic amines) is 1. The number of piperidine rings is 1. The number of rotatable bonds is 3. The monoisotopic (exact) mass is 261 g/mol. The van der Waals surface area contributed by atoms with Gasteiger partial charge in [-0.15, -0.1) is 0 Å². The van der Waals surface area contributed by atoms with E-state index in [-0.39, 0.29) is 6.09 Å². The fourth-order valence-electron chi connectivity index (χ4n) is 2.30. The predicted molar refractivity (Wildman–Crippen MR) is 72.4 cm³/mol. The van der Waals surface area contributed by atoms with Crippen molar-refractivity contribution in [3.63, 3.8) is 0 Å². The van der Waals surface area contributed by atoms with Crippen LogP contribution in [0.5, 0.6) is 5.75 Å². The fraction of sp³-hybridized carbons (Fsp3) is 0.467. The molecule has 0 unspecified atom stereocenters. The quantitative estimate of drug-likeness (QED) is 0.785. The van der Waals surface area contributed by atoms with Crippen molar-refractivity contribution in [1.82, 2.24) is 4.90 Å². The molecule has 0 saturated carbocycles. The number of hydrogen-bond donors (Lipinski definition) is 0. The van der Waals surface area contributed by atoms with E-state index in [1.54, 1.807) is 29.2 Å². The number of carbonyl (C=O) groups is 2. The lowest BCUT2D eigenvalue weighted by atomic mass is 9.95. The Morgan fingerprint density at radius 2 is 1.95 bits per heavy atom. The Morgan fingerprint density at radius 1 is 1.32 bits per heavy atom. The molecule has 1 aliphatic heterocycles. The molecule has 1 amide bonds. The molecule has 0 radical (unpaired) electrons. The maximum atomic E-state index is 12.0. The highest BCUT2D eigenvalue weighted by Gasteiger charge is 2.22. The summed E-state index contributed by atoms with van der Waals surface area (Å²) in [4.78, 5) is 24.2. The van der Waals surface area contributed by atoms with Gasteiger partial charge in [0.15, 0.2) is 0 Å². The van der Waals surface area contributed by atoms with E-state index in [4.69, 9.17) is 4.74 Å². The van der Waals surface area contributed by atoms with Gasteiger partial charge in [-0.1, -0.05) is 13.3 Å². The molecular formula is C15H19NO3. The molecule has 0 spiro atoms. The molecule has 1 saturated heterocycles. The van der Waals surface area contributed by atoms with Gasteiger partial charge in [0.05, 0.1) is 0 Å². The van der Waals surface area contributed by atoms with Crippen molar-refractivity contribution in [2.75, 3.05) is 13.1 Å². The molecule has 1 aliphatic rings. The van der Waals surface area contributed by atoms with Crippen LogP contribution in [0.15, 0.2) is 24.3 Å². The van der Waals surface area contributed by atoms with Gasteiger partial charge in [-0.3, -0.25) is 4.79 Å². The second-order valence-corrected chi connectivity index (χ2v) is 4.89. The van der Waals surface area contributed by atoms with Crippen LogP contribution in [-0.2, 0) is 0 Å². The van der Waals surface area contributed by atoms with Crippen LogP contribution >= 0.6 is 0 Å². The zero-order valence-electron chi connectivity index (χ0n) is 11.2. The molecular weight excluding hydrogens is 242 g/mol. The van der Waals surface area contributed by atoms with Crippen molar-refractivity contribution in [2.45, 2.75) is 26.2 Å². The number of aldehydes is 1. The molecule has 1 aromatic rings. The predicted octanol–water partition coefficient (Wildman–Crippen LogP) is 3.12. The Morgan fingerprint density at radius 3 is 2.47 bits per heavy atom. The summed E-state index contributed by atoms with van der Waals surface area (Å²) in [6.07, 6.45) is 3.75. The van der Waals surface area contributed by atoms with Gasteiger partial charge < -0.3 is 9.64 Å². The second kappa shape index (κ2) is 6.36. The van der Waals surface area contributed by atoms with Crippen LogP contribution in [0, 0.1) is 5.92 Å². The molecule has 102 valence electrons. The van der Waals surface area contributed by atoms with Gasteiger partial charge in [-0.05, 0) is 43.0 Å². The van der Waals surface area contributed by atoms with Gasteiger partial charge in [-0.2, -0.15) is 0 Å². The fourth-order valence-corrected chi connectivity index (χ4v) is 2.30. The van der Waals surface area contributed by atoms with E-state index >= 15 is 0 Å². The summed E-state index contributed by atoms with van der Waals surface area (Å²) in [7, 11) is 0. The minimum atomic E-state index is -0.298. The number of carbonyl (C=O) groups excluding carboxylic acids is 2. The Labute approximate surface area is 113 Å². The maximum Gasteiger partial charge on any atom is 0.415 e. The standard InChI is InChI=1S/C15H19NO3/c1-2-12-7-9-16(10-8-12)15(18)19-14-5-3-13(11-17)4-6-14/h3-6,11-12H,2,7-10H2,1H3. The highest BCUT2D eigenvalue weighted by Crippen LogP contribution is 2.21. The number of benzene rings is 1. The Hall–Kier alpha value is -1.84. The number of hydrogen-bond acceptors (Lipinski definition) is 3. The molecule has 19 heavy (non-hydrogen) atoms. The highest BCUT2D eigenvalue weighted by atomic mass is 16.6. The summed E-state index contributed by atoms with van der Waals surface area (Å²) in [5, 5.41) is 0. The summed E-state index contributed by atoms with van der Waals surface area (Å²) in [6, 6.07) is 6.55. The summed E-state index contributed by atoms with van der Waals surface area (Å²) < 4.78 is 5.29. The molecule has 4 heteroatoms. The molecule has 4 nitrogen and oxygen atoms in total. The van der Waals surface area contributed by atoms with Crippen LogP contribution in [0.3, 0.4) is 0 Å². The van der Waals surface area contributed by atoms with Gasteiger partial charge in [0.1, 0.15) is 12.0 Å². The van der Waals surface area contributed by atoms with Gasteiger partial charge >= 0.3 is 6.09 Å². The molecule has 0 aromatic heterocycles. The van der Waals surface area contributed by atoms with Crippen molar-refractivity contribution in [1.29, 1.82) is 0 Å². The van der Waals surface area contributed by atoms with E-state index in [1.807, 2.05) is 0 Å². The lowest BCUT2D eigenvalue weighted by Gasteiger charge is -2.30. The van der Waals surface area contributed by atoms with Crippen molar-refractivity contribution >= 4 is 12.4 Å². The first kappa shape index (κ1) is 13.6. The third-order valence-electron chi connectivity index (χ3n) is 3.67. The van der Waals surface area contributed by atoms with Crippen molar-refractivity contribution < 1.29 is 14.3 Å². The van der Waals surface area contributed by atoms with Crippen LogP contribution in [0.25, 0.3) is 0 Å². The molecule has 1 fully saturated rings. The summed E-state index contributed by atoms with van der Waals surface area (Å²) >= 11 is 0. The molecule has 0 atom stereocenters. The molecule has 0 aliphatic carbocycles. The molecule has 1 aromatic carbocycles. The van der Waals surface area contributed by atoms with Crippen LogP contribution in [0.2, 0.25) is 0 Å². The SMILES string of the molecule is CCC1CCN(C(=O)Oc2ccc(C=O)cc2)CC1. The smallest absolute Gasteiger partial charge is 0.410 e. The largest absolute Gasteiger partial charge is 0.415 e. The van der Waals surface area contributed by atoms with E-state index in [0.29, 0.717) is 11.3 Å². The first-order chi connectivity index (χ1) is 9.22. The Bertz CT molecular complexity index is 433. The highest BCUT2D eigenvalue weighted by molar-refractivity contribution is 5.75. The van der Waals surface area contributed by atoms with Gasteiger partial charge in [-0.25, -0.2) is 4.79 Å². The number of ether oxygens (including phenoxy) is 1.